The topological polar surface area (TPSA) is 17.1 Å². The molecule has 0 spiro atoms. The van der Waals surface area contributed by atoms with Gasteiger partial charge in [-0.1, -0.05) is 20.8 Å². The maximum absolute atomic E-state index is 10.8. The first kappa shape index (κ1) is 9.02. The predicted octanol–water partition coefficient (Wildman–Crippen LogP) is 2.06. The summed E-state index contributed by atoms with van der Waals surface area (Å²) in [6.07, 6.45) is 1.20. The molecular formula is C7H14OS. The lowest BCUT2D eigenvalue weighted by Crippen LogP contribution is -2.15. The molecule has 54 valence electrons. The molecule has 0 aliphatic rings. The molecule has 0 unspecified atom stereocenters. The molecule has 0 aromatic heterocycles. The molecule has 0 atom stereocenters. The first-order valence-corrected chi connectivity index (χ1v) is 3.64. The molecule has 0 rings (SSSR count). The van der Waals surface area contributed by atoms with Gasteiger partial charge >= 0.3 is 0 Å². The van der Waals surface area contributed by atoms with Crippen LogP contribution >= 0.6 is 12.6 Å². The van der Waals surface area contributed by atoms with Crippen LogP contribution in [0.2, 0.25) is 0 Å². The van der Waals surface area contributed by atoms with Crippen molar-refractivity contribution in [1.82, 2.24) is 0 Å². The van der Waals surface area contributed by atoms with Gasteiger partial charge in [0.1, 0.15) is 5.78 Å². The number of thiol groups is 1. The van der Waals surface area contributed by atoms with Crippen LogP contribution in [-0.4, -0.2) is 10.5 Å². The van der Waals surface area contributed by atoms with Crippen LogP contribution in [0.4, 0.5) is 0 Å². The van der Waals surface area contributed by atoms with E-state index in [1.807, 2.05) is 20.8 Å². The Labute approximate surface area is 62.2 Å². The summed E-state index contributed by atoms with van der Waals surface area (Å²) < 4.78 is -0.132. The molecule has 0 aliphatic carbocycles. The van der Waals surface area contributed by atoms with Crippen molar-refractivity contribution in [3.8, 4) is 0 Å². The summed E-state index contributed by atoms with van der Waals surface area (Å²) in [7, 11) is 0. The Bertz CT molecular complexity index is 102. The van der Waals surface area contributed by atoms with Gasteiger partial charge in [-0.2, -0.15) is 12.6 Å². The highest BCUT2D eigenvalue weighted by Gasteiger charge is 2.14. The highest BCUT2D eigenvalue weighted by atomic mass is 32.1. The van der Waals surface area contributed by atoms with Crippen LogP contribution in [0, 0.1) is 0 Å². The Morgan fingerprint density at radius 3 is 2.11 bits per heavy atom. The molecule has 0 aromatic carbocycles. The smallest absolute Gasteiger partial charge is 0.133 e. The van der Waals surface area contributed by atoms with Crippen LogP contribution in [0.15, 0.2) is 0 Å². The summed E-state index contributed by atoms with van der Waals surface area (Å²) >= 11 is 4.23. The van der Waals surface area contributed by atoms with Crippen molar-refractivity contribution in [2.24, 2.45) is 0 Å². The van der Waals surface area contributed by atoms with Gasteiger partial charge in [-0.15, -0.1) is 0 Å². The van der Waals surface area contributed by atoms with Crippen LogP contribution in [0.25, 0.3) is 0 Å². The second-order valence-electron chi connectivity index (χ2n) is 2.88. The zero-order valence-corrected chi connectivity index (χ0v) is 7.16. The lowest BCUT2D eigenvalue weighted by molar-refractivity contribution is -0.119. The molecule has 0 N–H and O–H groups in total. The van der Waals surface area contributed by atoms with E-state index in [1.165, 1.54) is 0 Å². The third kappa shape index (κ3) is 5.90. The van der Waals surface area contributed by atoms with Crippen molar-refractivity contribution < 1.29 is 4.79 Å². The van der Waals surface area contributed by atoms with E-state index in [-0.39, 0.29) is 10.5 Å². The van der Waals surface area contributed by atoms with Gasteiger partial charge in [0.15, 0.2) is 0 Å². The molecule has 0 heterocycles. The highest BCUT2D eigenvalue weighted by molar-refractivity contribution is 7.81. The second-order valence-corrected chi connectivity index (χ2v) is 4.09. The Kier molecular flexibility index (Phi) is 3.26. The van der Waals surface area contributed by atoms with Crippen LogP contribution in [0.1, 0.15) is 33.6 Å². The van der Waals surface area contributed by atoms with Crippen molar-refractivity contribution in [1.29, 1.82) is 0 Å². The number of carbonyl (C=O) groups excluding carboxylic acids is 1. The van der Waals surface area contributed by atoms with E-state index in [0.717, 1.165) is 0 Å². The summed E-state index contributed by atoms with van der Waals surface area (Å²) in [5.74, 6) is 0.287. The minimum Gasteiger partial charge on any atom is -0.300 e. The van der Waals surface area contributed by atoms with Crippen molar-refractivity contribution in [3.63, 3.8) is 0 Å². The fourth-order valence-electron chi connectivity index (χ4n) is 0.608. The third-order valence-corrected chi connectivity index (χ3v) is 1.18. The number of rotatable bonds is 3. The van der Waals surface area contributed by atoms with Crippen molar-refractivity contribution in [3.05, 3.63) is 0 Å². The SMILES string of the molecule is CCC(=O)CC(C)(C)S. The normalized spacial score (nSPS) is 11.6. The Hall–Kier alpha value is 0.0200. The Morgan fingerprint density at radius 1 is 1.56 bits per heavy atom. The molecule has 0 radical (unpaired) electrons. The van der Waals surface area contributed by atoms with E-state index in [1.54, 1.807) is 0 Å². The molecule has 1 nitrogen and oxygen atoms in total. The van der Waals surface area contributed by atoms with E-state index in [9.17, 15) is 4.79 Å². The maximum atomic E-state index is 10.8. The van der Waals surface area contributed by atoms with Gasteiger partial charge in [-0.3, -0.25) is 4.79 Å². The number of carbonyl (C=O) groups is 1. The number of hydrogen-bond donors (Lipinski definition) is 1. The minimum absolute atomic E-state index is 0.132. The van der Waals surface area contributed by atoms with Gasteiger partial charge in [0.05, 0.1) is 0 Å². The minimum atomic E-state index is -0.132. The monoisotopic (exact) mass is 146 g/mol. The molecule has 0 fully saturated rings. The van der Waals surface area contributed by atoms with Gasteiger partial charge in [0, 0.05) is 17.6 Å². The number of ketones is 1. The lowest BCUT2D eigenvalue weighted by atomic mass is 10.1. The number of Topliss-reactive ketones (excluding diaryl/α,β-unsaturated/α-hetero) is 1. The molecule has 0 amide bonds. The zero-order chi connectivity index (χ0) is 7.49. The summed E-state index contributed by atoms with van der Waals surface area (Å²) in [4.78, 5) is 10.8. The Balaban J connectivity index is 3.60. The average Bonchev–Trinajstić information content (AvgIpc) is 1.62. The summed E-state index contributed by atoms with van der Waals surface area (Å²) in [6, 6.07) is 0. The molecule has 0 aliphatic heterocycles. The fraction of sp³-hybridized carbons (Fsp3) is 0.857. The molecule has 0 saturated heterocycles. The molecule has 2 heteroatoms. The molecule has 0 aromatic rings. The standard InChI is InChI=1S/C7H14OS/c1-4-6(8)5-7(2,3)9/h9H,4-5H2,1-3H3. The van der Waals surface area contributed by atoms with Gasteiger partial charge in [-0.25, -0.2) is 0 Å². The summed E-state index contributed by atoms with van der Waals surface area (Å²) in [5, 5.41) is 0. The summed E-state index contributed by atoms with van der Waals surface area (Å²) in [5.41, 5.74) is 0. The van der Waals surface area contributed by atoms with Gasteiger partial charge in [0.2, 0.25) is 0 Å². The lowest BCUT2D eigenvalue weighted by Gasteiger charge is -2.14. The maximum Gasteiger partial charge on any atom is 0.133 e. The van der Waals surface area contributed by atoms with Gasteiger partial charge < -0.3 is 0 Å². The third-order valence-electron chi connectivity index (χ3n) is 1.02. The van der Waals surface area contributed by atoms with E-state index in [0.29, 0.717) is 12.8 Å². The van der Waals surface area contributed by atoms with E-state index in [4.69, 9.17) is 0 Å². The fourth-order valence-corrected chi connectivity index (χ4v) is 0.784. The molecule has 0 saturated carbocycles. The van der Waals surface area contributed by atoms with E-state index < -0.39 is 0 Å². The van der Waals surface area contributed by atoms with Crippen LogP contribution in [0.3, 0.4) is 0 Å². The highest BCUT2D eigenvalue weighted by Crippen LogP contribution is 2.17. The van der Waals surface area contributed by atoms with Crippen LogP contribution < -0.4 is 0 Å². The second kappa shape index (κ2) is 3.25. The van der Waals surface area contributed by atoms with Crippen molar-refractivity contribution in [2.75, 3.05) is 0 Å². The molecule has 0 bridgehead atoms. The van der Waals surface area contributed by atoms with Gasteiger partial charge in [-0.05, 0) is 0 Å². The quantitative estimate of drug-likeness (QED) is 0.603. The van der Waals surface area contributed by atoms with E-state index in [2.05, 4.69) is 12.6 Å². The summed E-state index contributed by atoms with van der Waals surface area (Å²) in [6.45, 7) is 5.77. The van der Waals surface area contributed by atoms with Crippen LogP contribution in [-0.2, 0) is 4.79 Å². The van der Waals surface area contributed by atoms with Crippen molar-refractivity contribution in [2.45, 2.75) is 38.4 Å². The van der Waals surface area contributed by atoms with E-state index >= 15 is 0 Å². The average molecular weight is 146 g/mol. The predicted molar refractivity (Wildman–Crippen MR) is 43.0 cm³/mol. The largest absolute Gasteiger partial charge is 0.300 e. The zero-order valence-electron chi connectivity index (χ0n) is 6.27. The van der Waals surface area contributed by atoms with Gasteiger partial charge in [0.25, 0.3) is 0 Å². The Morgan fingerprint density at radius 2 is 2.00 bits per heavy atom. The molecular weight excluding hydrogens is 132 g/mol. The number of hydrogen-bond acceptors (Lipinski definition) is 2. The first-order chi connectivity index (χ1) is 3.95. The van der Waals surface area contributed by atoms with Crippen molar-refractivity contribution >= 4 is 18.4 Å². The molecule has 9 heavy (non-hydrogen) atoms. The first-order valence-electron chi connectivity index (χ1n) is 3.20. The van der Waals surface area contributed by atoms with Crippen LogP contribution in [0.5, 0.6) is 0 Å².